The van der Waals surface area contributed by atoms with Crippen LogP contribution in [0.3, 0.4) is 0 Å². The number of rotatable bonds is 10. The highest BCUT2D eigenvalue weighted by Gasteiger charge is 2.28. The van der Waals surface area contributed by atoms with Gasteiger partial charge in [-0.3, -0.25) is 4.72 Å². The van der Waals surface area contributed by atoms with Crippen LogP contribution in [0.15, 0.2) is 63.2 Å². The van der Waals surface area contributed by atoms with E-state index in [2.05, 4.69) is 9.44 Å². The minimum atomic E-state index is -3.99. The van der Waals surface area contributed by atoms with Crippen LogP contribution in [0, 0.1) is 0 Å². The van der Waals surface area contributed by atoms with E-state index in [0.717, 1.165) is 12.8 Å². The summed E-state index contributed by atoms with van der Waals surface area (Å²) in [6.07, 6.45) is 1.62. The molecule has 2 aromatic rings. The topological polar surface area (TPSA) is 130 Å². The van der Waals surface area contributed by atoms with Crippen LogP contribution in [0.1, 0.15) is 26.7 Å². The quantitative estimate of drug-likeness (QED) is 0.527. The first-order valence-corrected chi connectivity index (χ1v) is 14.2. The lowest BCUT2D eigenvalue weighted by molar-refractivity contribution is 0.445. The fourth-order valence-corrected chi connectivity index (χ4v) is 6.73. The van der Waals surface area contributed by atoms with Crippen LogP contribution < -0.4 is 9.44 Å². The zero-order valence-corrected chi connectivity index (χ0v) is 19.6. The predicted octanol–water partition coefficient (Wildman–Crippen LogP) is 1.96. The lowest BCUT2D eigenvalue weighted by atomic mass is 10.3. The van der Waals surface area contributed by atoms with Gasteiger partial charge in [-0.2, -0.15) is 4.31 Å². The Hall–Kier alpha value is -1.99. The van der Waals surface area contributed by atoms with Gasteiger partial charge in [0.05, 0.1) is 14.7 Å². The Morgan fingerprint density at radius 1 is 0.742 bits per heavy atom. The molecular formula is C19H25N3O6S3. The molecule has 0 aliphatic heterocycles. The molecule has 0 amide bonds. The first-order valence-electron chi connectivity index (χ1n) is 9.75. The van der Waals surface area contributed by atoms with Gasteiger partial charge in [0.2, 0.25) is 20.0 Å². The van der Waals surface area contributed by atoms with Gasteiger partial charge in [0.1, 0.15) is 0 Å². The summed E-state index contributed by atoms with van der Waals surface area (Å²) in [4.78, 5) is -0.0562. The van der Waals surface area contributed by atoms with E-state index in [0.29, 0.717) is 13.1 Å². The number of nitrogens with zero attached hydrogens (tertiary/aromatic N) is 1. The molecule has 0 unspecified atom stereocenters. The normalized spacial score (nSPS) is 15.2. The fraction of sp³-hybridized carbons (Fsp3) is 0.368. The third-order valence-corrected chi connectivity index (χ3v) is 9.79. The van der Waals surface area contributed by atoms with Crippen LogP contribution in [0.4, 0.5) is 5.69 Å². The van der Waals surface area contributed by atoms with E-state index < -0.39 is 30.1 Å². The van der Waals surface area contributed by atoms with Crippen LogP contribution >= 0.6 is 0 Å². The van der Waals surface area contributed by atoms with Gasteiger partial charge >= 0.3 is 0 Å². The molecule has 170 valence electrons. The Morgan fingerprint density at radius 3 is 1.68 bits per heavy atom. The predicted molar refractivity (Wildman–Crippen MR) is 117 cm³/mol. The van der Waals surface area contributed by atoms with Gasteiger partial charge in [0.15, 0.2) is 0 Å². The summed E-state index contributed by atoms with van der Waals surface area (Å²) in [5.74, 6) is 0. The molecule has 2 N–H and O–H groups in total. The van der Waals surface area contributed by atoms with Crippen molar-refractivity contribution in [2.24, 2.45) is 0 Å². The molecule has 0 radical (unpaired) electrons. The van der Waals surface area contributed by atoms with Crippen LogP contribution in [-0.4, -0.2) is 48.7 Å². The maximum atomic E-state index is 12.6. The van der Waals surface area contributed by atoms with E-state index in [1.165, 1.54) is 52.8 Å². The maximum Gasteiger partial charge on any atom is 0.261 e. The molecule has 0 saturated heterocycles. The number of nitrogens with one attached hydrogen (secondary N) is 2. The lowest BCUT2D eigenvalue weighted by Gasteiger charge is -2.18. The number of hydrogen-bond acceptors (Lipinski definition) is 6. The van der Waals surface area contributed by atoms with Gasteiger partial charge in [-0.1, -0.05) is 13.8 Å². The average molecular weight is 488 g/mol. The molecule has 2 aromatic carbocycles. The van der Waals surface area contributed by atoms with Crippen molar-refractivity contribution in [2.45, 2.75) is 47.4 Å². The Morgan fingerprint density at radius 2 is 1.19 bits per heavy atom. The number of anilines is 1. The fourth-order valence-electron chi connectivity index (χ4n) is 2.91. The van der Waals surface area contributed by atoms with E-state index in [4.69, 9.17) is 0 Å². The minimum Gasteiger partial charge on any atom is -0.280 e. The molecule has 3 rings (SSSR count). The Kier molecular flexibility index (Phi) is 6.77. The van der Waals surface area contributed by atoms with Crippen LogP contribution in [0.2, 0.25) is 0 Å². The zero-order chi connectivity index (χ0) is 22.9. The first-order chi connectivity index (χ1) is 14.5. The van der Waals surface area contributed by atoms with E-state index in [1.807, 2.05) is 0 Å². The second kappa shape index (κ2) is 8.87. The van der Waals surface area contributed by atoms with Crippen molar-refractivity contribution < 1.29 is 25.3 Å². The molecule has 31 heavy (non-hydrogen) atoms. The monoisotopic (exact) mass is 487 g/mol. The summed E-state index contributed by atoms with van der Waals surface area (Å²) in [6, 6.07) is 10.3. The van der Waals surface area contributed by atoms with Crippen molar-refractivity contribution in [1.82, 2.24) is 9.03 Å². The molecular weight excluding hydrogens is 462 g/mol. The van der Waals surface area contributed by atoms with Crippen molar-refractivity contribution in [3.8, 4) is 0 Å². The molecule has 0 spiro atoms. The minimum absolute atomic E-state index is 0.00729. The standard InChI is InChI=1S/C19H25N3O6S3/c1-3-22(4-2)31(27,28)19-13-11-18(12-14-19)30(25,26)21-16-7-9-17(10-8-16)29(23,24)20-15-5-6-15/h7-15,20-21H,3-6H2,1-2H3. The zero-order valence-electron chi connectivity index (χ0n) is 17.1. The molecule has 0 heterocycles. The lowest BCUT2D eigenvalue weighted by Crippen LogP contribution is -2.30. The van der Waals surface area contributed by atoms with Gasteiger partial charge < -0.3 is 0 Å². The van der Waals surface area contributed by atoms with Crippen LogP contribution in [-0.2, 0) is 30.1 Å². The molecule has 0 aromatic heterocycles. The third kappa shape index (κ3) is 5.44. The van der Waals surface area contributed by atoms with Crippen LogP contribution in [0.5, 0.6) is 0 Å². The Labute approximate surface area is 183 Å². The van der Waals surface area contributed by atoms with E-state index in [-0.39, 0.29) is 26.4 Å². The Balaban J connectivity index is 1.76. The van der Waals surface area contributed by atoms with Crippen molar-refractivity contribution in [3.05, 3.63) is 48.5 Å². The maximum absolute atomic E-state index is 12.6. The van der Waals surface area contributed by atoms with Crippen molar-refractivity contribution in [1.29, 1.82) is 0 Å². The number of hydrogen-bond donors (Lipinski definition) is 2. The first kappa shape index (κ1) is 23.7. The van der Waals surface area contributed by atoms with Gasteiger partial charge in [-0.05, 0) is 61.4 Å². The highest BCUT2D eigenvalue weighted by Crippen LogP contribution is 2.24. The molecule has 12 heteroatoms. The highest BCUT2D eigenvalue weighted by molar-refractivity contribution is 7.92. The van der Waals surface area contributed by atoms with E-state index in [1.54, 1.807) is 13.8 Å². The highest BCUT2D eigenvalue weighted by atomic mass is 32.2. The second-order valence-corrected chi connectivity index (χ2v) is 12.4. The van der Waals surface area contributed by atoms with Gasteiger partial charge in [0.25, 0.3) is 10.0 Å². The van der Waals surface area contributed by atoms with Crippen molar-refractivity contribution >= 4 is 35.8 Å². The molecule has 1 saturated carbocycles. The summed E-state index contributed by atoms with van der Waals surface area (Å²) in [7, 11) is -11.3. The largest absolute Gasteiger partial charge is 0.280 e. The number of sulfonamides is 3. The molecule has 1 aliphatic rings. The molecule has 0 atom stereocenters. The van der Waals surface area contributed by atoms with Gasteiger partial charge in [-0.15, -0.1) is 0 Å². The molecule has 0 bridgehead atoms. The van der Waals surface area contributed by atoms with E-state index in [9.17, 15) is 25.3 Å². The molecule has 9 nitrogen and oxygen atoms in total. The van der Waals surface area contributed by atoms with Crippen molar-refractivity contribution in [2.75, 3.05) is 17.8 Å². The van der Waals surface area contributed by atoms with Gasteiger partial charge in [0, 0.05) is 24.8 Å². The summed E-state index contributed by atoms with van der Waals surface area (Å²) in [5.41, 5.74) is 0.185. The summed E-state index contributed by atoms with van der Waals surface area (Å²) in [5, 5.41) is 0. The summed E-state index contributed by atoms with van der Waals surface area (Å²) in [6.45, 7) is 4.06. The number of benzene rings is 2. The van der Waals surface area contributed by atoms with Gasteiger partial charge in [-0.25, -0.2) is 30.0 Å². The molecule has 1 aliphatic carbocycles. The second-order valence-electron chi connectivity index (χ2n) is 7.09. The van der Waals surface area contributed by atoms with Crippen LogP contribution in [0.25, 0.3) is 0 Å². The smallest absolute Gasteiger partial charge is 0.261 e. The SMILES string of the molecule is CCN(CC)S(=O)(=O)c1ccc(S(=O)(=O)Nc2ccc(S(=O)(=O)NC3CC3)cc2)cc1. The summed E-state index contributed by atoms with van der Waals surface area (Å²) >= 11 is 0. The van der Waals surface area contributed by atoms with E-state index >= 15 is 0 Å². The molecule has 1 fully saturated rings. The van der Waals surface area contributed by atoms with Crippen molar-refractivity contribution in [3.63, 3.8) is 0 Å². The Bertz CT molecular complexity index is 1230. The average Bonchev–Trinajstić information content (AvgIpc) is 3.52. The summed E-state index contributed by atoms with van der Waals surface area (Å²) < 4.78 is 81.0. The third-order valence-electron chi connectivity index (χ3n) is 4.79.